The monoisotopic (exact) mass is 367 g/mol. The predicted octanol–water partition coefficient (Wildman–Crippen LogP) is 3.90. The highest BCUT2D eigenvalue weighted by Crippen LogP contribution is 2.35. The van der Waals surface area contributed by atoms with Crippen LogP contribution in [0.15, 0.2) is 48.5 Å². The number of halogens is 3. The van der Waals surface area contributed by atoms with Crippen LogP contribution in [0, 0.1) is 0 Å². The molecular formula is C18H16F3NO4. The summed E-state index contributed by atoms with van der Waals surface area (Å²) in [5, 5.41) is 2.47. The van der Waals surface area contributed by atoms with Crippen molar-refractivity contribution >= 4 is 17.6 Å². The van der Waals surface area contributed by atoms with Gasteiger partial charge in [0.15, 0.2) is 6.61 Å². The second kappa shape index (κ2) is 8.37. The summed E-state index contributed by atoms with van der Waals surface area (Å²) in [6, 6.07) is 10.5. The lowest BCUT2D eigenvalue weighted by molar-refractivity contribution is -0.139. The second-order valence-corrected chi connectivity index (χ2v) is 5.13. The second-order valence-electron chi connectivity index (χ2n) is 5.13. The molecule has 0 spiro atoms. The quantitative estimate of drug-likeness (QED) is 0.787. The number of alkyl halides is 3. The summed E-state index contributed by atoms with van der Waals surface area (Å²) < 4.78 is 48.4. The number of nitrogens with one attached hydrogen (secondary N) is 1. The topological polar surface area (TPSA) is 64.6 Å². The molecule has 0 aliphatic carbocycles. The van der Waals surface area contributed by atoms with E-state index in [2.05, 4.69) is 5.32 Å². The van der Waals surface area contributed by atoms with Crippen LogP contribution >= 0.6 is 0 Å². The standard InChI is InChI=1S/C18H16F3NO4/c1-2-25-17(24)12-7-9-13(10-8-12)22-16(23)11-26-15-6-4-3-5-14(15)18(19,20)21/h3-10H,2,11H2,1H3,(H,22,23). The third-order valence-corrected chi connectivity index (χ3v) is 3.23. The Hall–Kier alpha value is -3.03. The van der Waals surface area contributed by atoms with Crippen LogP contribution in [0.2, 0.25) is 0 Å². The number of amides is 1. The van der Waals surface area contributed by atoms with Gasteiger partial charge in [0.05, 0.1) is 17.7 Å². The molecule has 0 fully saturated rings. The van der Waals surface area contributed by atoms with Crippen molar-refractivity contribution in [3.8, 4) is 5.75 Å². The van der Waals surface area contributed by atoms with E-state index in [0.717, 1.165) is 12.1 Å². The number of para-hydroxylation sites is 1. The number of anilines is 1. The van der Waals surface area contributed by atoms with Gasteiger partial charge in [0.1, 0.15) is 5.75 Å². The van der Waals surface area contributed by atoms with Crippen LogP contribution in [0.3, 0.4) is 0 Å². The van der Waals surface area contributed by atoms with E-state index >= 15 is 0 Å². The Balaban J connectivity index is 1.95. The number of rotatable bonds is 6. The van der Waals surface area contributed by atoms with E-state index in [-0.39, 0.29) is 6.61 Å². The first-order valence-corrected chi connectivity index (χ1v) is 7.67. The molecule has 0 heterocycles. The highest BCUT2D eigenvalue weighted by atomic mass is 19.4. The van der Waals surface area contributed by atoms with E-state index in [9.17, 15) is 22.8 Å². The minimum atomic E-state index is -4.57. The fourth-order valence-electron chi connectivity index (χ4n) is 2.07. The molecule has 2 aromatic rings. The first-order valence-electron chi connectivity index (χ1n) is 7.67. The molecule has 0 unspecified atom stereocenters. The number of carbonyl (C=O) groups excluding carboxylic acids is 2. The molecule has 0 saturated heterocycles. The van der Waals surface area contributed by atoms with E-state index in [4.69, 9.17) is 9.47 Å². The van der Waals surface area contributed by atoms with E-state index in [1.54, 1.807) is 6.92 Å². The Labute approximate surface area is 147 Å². The van der Waals surface area contributed by atoms with Crippen LogP contribution in [0.4, 0.5) is 18.9 Å². The molecule has 138 valence electrons. The summed E-state index contributed by atoms with van der Waals surface area (Å²) in [7, 11) is 0. The Bertz CT molecular complexity index is 773. The summed E-state index contributed by atoms with van der Waals surface area (Å²) in [6.45, 7) is 1.34. The van der Waals surface area contributed by atoms with Crippen molar-refractivity contribution in [2.24, 2.45) is 0 Å². The average molecular weight is 367 g/mol. The fourth-order valence-corrected chi connectivity index (χ4v) is 2.07. The SMILES string of the molecule is CCOC(=O)c1ccc(NC(=O)COc2ccccc2C(F)(F)F)cc1. The zero-order chi connectivity index (χ0) is 19.2. The number of carbonyl (C=O) groups is 2. The zero-order valence-electron chi connectivity index (χ0n) is 13.8. The molecule has 0 atom stereocenters. The van der Waals surface area contributed by atoms with Gasteiger partial charge in [0.2, 0.25) is 0 Å². The van der Waals surface area contributed by atoms with Crippen molar-refractivity contribution in [1.82, 2.24) is 0 Å². The molecule has 0 aliphatic rings. The summed E-state index contributed by atoms with van der Waals surface area (Å²) in [4.78, 5) is 23.4. The molecule has 1 amide bonds. The lowest BCUT2D eigenvalue weighted by atomic mass is 10.2. The lowest BCUT2D eigenvalue weighted by Crippen LogP contribution is -2.21. The fraction of sp³-hybridized carbons (Fsp3) is 0.222. The van der Waals surface area contributed by atoms with Crippen LogP contribution in [0.1, 0.15) is 22.8 Å². The highest BCUT2D eigenvalue weighted by Gasteiger charge is 2.34. The van der Waals surface area contributed by atoms with E-state index in [1.165, 1.54) is 36.4 Å². The van der Waals surface area contributed by atoms with Crippen LogP contribution in [0.25, 0.3) is 0 Å². The average Bonchev–Trinajstić information content (AvgIpc) is 2.60. The maximum Gasteiger partial charge on any atom is 0.419 e. The molecule has 1 N–H and O–H groups in total. The zero-order valence-corrected chi connectivity index (χ0v) is 13.8. The van der Waals surface area contributed by atoms with Gasteiger partial charge in [-0.15, -0.1) is 0 Å². The van der Waals surface area contributed by atoms with Gasteiger partial charge in [-0.2, -0.15) is 13.2 Å². The molecule has 0 saturated carbocycles. The van der Waals surface area contributed by atoms with E-state index in [0.29, 0.717) is 11.3 Å². The van der Waals surface area contributed by atoms with Crippen molar-refractivity contribution in [2.45, 2.75) is 13.1 Å². The van der Waals surface area contributed by atoms with Gasteiger partial charge < -0.3 is 14.8 Å². The van der Waals surface area contributed by atoms with Crippen LogP contribution in [-0.2, 0) is 15.7 Å². The molecule has 2 rings (SSSR count). The minimum Gasteiger partial charge on any atom is -0.483 e. The van der Waals surface area contributed by atoms with Crippen LogP contribution in [-0.4, -0.2) is 25.1 Å². The smallest absolute Gasteiger partial charge is 0.419 e. The van der Waals surface area contributed by atoms with E-state index in [1.807, 2.05) is 0 Å². The van der Waals surface area contributed by atoms with Gasteiger partial charge in [-0.05, 0) is 43.3 Å². The summed E-state index contributed by atoms with van der Waals surface area (Å²) in [5.74, 6) is -1.55. The predicted molar refractivity (Wildman–Crippen MR) is 88.0 cm³/mol. The normalized spacial score (nSPS) is 10.9. The molecule has 0 radical (unpaired) electrons. The van der Waals surface area contributed by atoms with E-state index < -0.39 is 36.0 Å². The molecule has 0 aliphatic heterocycles. The highest BCUT2D eigenvalue weighted by molar-refractivity contribution is 5.93. The molecule has 0 aromatic heterocycles. The molecule has 5 nitrogen and oxygen atoms in total. The van der Waals surface area contributed by atoms with Crippen molar-refractivity contribution in [3.63, 3.8) is 0 Å². The summed E-state index contributed by atoms with van der Waals surface area (Å²) in [5.41, 5.74) is -0.262. The number of esters is 1. The Morgan fingerprint density at radius 1 is 1.04 bits per heavy atom. The largest absolute Gasteiger partial charge is 0.483 e. The first-order chi connectivity index (χ1) is 12.3. The van der Waals surface area contributed by atoms with Crippen molar-refractivity contribution in [2.75, 3.05) is 18.5 Å². The molecule has 8 heteroatoms. The van der Waals surface area contributed by atoms with Crippen LogP contribution in [0.5, 0.6) is 5.75 Å². The maximum absolute atomic E-state index is 12.9. The van der Waals surface area contributed by atoms with Gasteiger partial charge in [-0.25, -0.2) is 4.79 Å². The van der Waals surface area contributed by atoms with Gasteiger partial charge in [-0.3, -0.25) is 4.79 Å². The van der Waals surface area contributed by atoms with Crippen molar-refractivity contribution in [1.29, 1.82) is 0 Å². The first kappa shape index (κ1) is 19.3. The van der Waals surface area contributed by atoms with Gasteiger partial charge in [0.25, 0.3) is 5.91 Å². The molecule has 0 bridgehead atoms. The molecule has 26 heavy (non-hydrogen) atoms. The third-order valence-electron chi connectivity index (χ3n) is 3.23. The Kier molecular flexibility index (Phi) is 6.21. The summed E-state index contributed by atoms with van der Waals surface area (Å²) >= 11 is 0. The number of ether oxygens (including phenoxy) is 2. The van der Waals surface area contributed by atoms with Crippen molar-refractivity contribution < 1.29 is 32.2 Å². The summed E-state index contributed by atoms with van der Waals surface area (Å²) in [6.07, 6.45) is -4.57. The van der Waals surface area contributed by atoms with Gasteiger partial charge in [-0.1, -0.05) is 12.1 Å². The lowest BCUT2D eigenvalue weighted by Gasteiger charge is -2.13. The Morgan fingerprint density at radius 3 is 2.31 bits per heavy atom. The Morgan fingerprint density at radius 2 is 1.69 bits per heavy atom. The van der Waals surface area contributed by atoms with Crippen molar-refractivity contribution in [3.05, 3.63) is 59.7 Å². The minimum absolute atomic E-state index is 0.244. The molecular weight excluding hydrogens is 351 g/mol. The maximum atomic E-state index is 12.9. The van der Waals surface area contributed by atoms with Gasteiger partial charge in [0, 0.05) is 5.69 Å². The number of benzene rings is 2. The van der Waals surface area contributed by atoms with Crippen LogP contribution < -0.4 is 10.1 Å². The van der Waals surface area contributed by atoms with Gasteiger partial charge >= 0.3 is 12.1 Å². The number of hydrogen-bond donors (Lipinski definition) is 1. The molecule has 2 aromatic carbocycles. The third kappa shape index (κ3) is 5.23. The number of hydrogen-bond acceptors (Lipinski definition) is 4.